The van der Waals surface area contributed by atoms with Gasteiger partial charge in [0.25, 0.3) is 0 Å². The smallest absolute Gasteiger partial charge is 0.410 e. The molecule has 0 unspecified atom stereocenters. The number of amides is 1. The maximum absolute atomic E-state index is 12.8. The lowest BCUT2D eigenvalue weighted by Crippen LogP contribution is -2.47. The summed E-state index contributed by atoms with van der Waals surface area (Å²) in [4.78, 5) is 14.6. The Balaban J connectivity index is 3.08. The fourth-order valence-electron chi connectivity index (χ4n) is 2.66. The van der Waals surface area contributed by atoms with Crippen molar-refractivity contribution >= 4 is 6.09 Å². The Morgan fingerprint density at radius 2 is 1.88 bits per heavy atom. The van der Waals surface area contributed by atoms with E-state index in [0.717, 1.165) is 11.1 Å². The third kappa shape index (κ3) is 7.45. The summed E-state index contributed by atoms with van der Waals surface area (Å²) in [6.07, 6.45) is 0.266. The molecule has 0 heterocycles. The van der Waals surface area contributed by atoms with Crippen LogP contribution in [0.2, 0.25) is 0 Å². The number of methoxy groups -OCH3 is 1. The van der Waals surface area contributed by atoms with Gasteiger partial charge in [-0.25, -0.2) is 4.79 Å². The number of nitrogens with zero attached hydrogens (tertiary/aromatic N) is 1. The van der Waals surface area contributed by atoms with Crippen LogP contribution in [0.1, 0.15) is 45.7 Å². The van der Waals surface area contributed by atoms with Crippen LogP contribution in [0.4, 0.5) is 4.79 Å². The molecule has 0 saturated carbocycles. The SMILES string of the molecule is COC[C@@H](C(C)C)N(Cc1cccc(CCO)c1)C(=O)OC(C)(C)C. The zero-order valence-electron chi connectivity index (χ0n) is 16.4. The summed E-state index contributed by atoms with van der Waals surface area (Å²) in [6, 6.07) is 7.86. The van der Waals surface area contributed by atoms with Crippen LogP contribution in [0, 0.1) is 5.92 Å². The fraction of sp³-hybridized carbons (Fsp3) is 0.650. The van der Waals surface area contributed by atoms with Crippen molar-refractivity contribution in [2.24, 2.45) is 5.92 Å². The number of aliphatic hydroxyl groups is 1. The highest BCUT2D eigenvalue weighted by atomic mass is 16.6. The van der Waals surface area contributed by atoms with Crippen molar-refractivity contribution in [3.63, 3.8) is 0 Å². The Labute approximate surface area is 151 Å². The molecule has 0 spiro atoms. The quantitative estimate of drug-likeness (QED) is 0.777. The number of aliphatic hydroxyl groups excluding tert-OH is 1. The molecule has 0 fully saturated rings. The molecular weight excluding hydrogens is 318 g/mol. The largest absolute Gasteiger partial charge is 0.444 e. The summed E-state index contributed by atoms with van der Waals surface area (Å²) in [5.41, 5.74) is 1.51. The van der Waals surface area contributed by atoms with E-state index in [1.807, 2.05) is 45.0 Å². The summed E-state index contributed by atoms with van der Waals surface area (Å²) in [7, 11) is 1.64. The second-order valence-electron chi connectivity index (χ2n) is 7.67. The third-order valence-corrected chi connectivity index (χ3v) is 3.88. The van der Waals surface area contributed by atoms with Gasteiger partial charge in [-0.1, -0.05) is 38.1 Å². The van der Waals surface area contributed by atoms with Gasteiger partial charge >= 0.3 is 6.09 Å². The van der Waals surface area contributed by atoms with E-state index in [4.69, 9.17) is 14.6 Å². The van der Waals surface area contributed by atoms with Crippen LogP contribution in [0.5, 0.6) is 0 Å². The number of hydrogen-bond acceptors (Lipinski definition) is 4. The number of ether oxygens (including phenoxy) is 2. The predicted octanol–water partition coefficient (Wildman–Crippen LogP) is 3.63. The number of carbonyl (C=O) groups is 1. The van der Waals surface area contributed by atoms with Crippen molar-refractivity contribution in [1.82, 2.24) is 4.90 Å². The Kier molecular flexibility index (Phi) is 8.39. The minimum atomic E-state index is -0.553. The van der Waals surface area contributed by atoms with Crippen molar-refractivity contribution in [3.05, 3.63) is 35.4 Å². The molecule has 0 radical (unpaired) electrons. The van der Waals surface area contributed by atoms with E-state index in [1.165, 1.54) is 0 Å². The number of benzene rings is 1. The molecule has 0 aliphatic heterocycles. The van der Waals surface area contributed by atoms with Crippen LogP contribution >= 0.6 is 0 Å². The molecule has 1 aromatic carbocycles. The van der Waals surface area contributed by atoms with Crippen molar-refractivity contribution in [1.29, 1.82) is 0 Å². The van der Waals surface area contributed by atoms with Gasteiger partial charge in [0, 0.05) is 20.3 Å². The van der Waals surface area contributed by atoms with Crippen molar-refractivity contribution in [2.45, 2.75) is 59.2 Å². The highest BCUT2D eigenvalue weighted by Crippen LogP contribution is 2.20. The summed E-state index contributed by atoms with van der Waals surface area (Å²) in [6.45, 7) is 10.8. The summed E-state index contributed by atoms with van der Waals surface area (Å²) >= 11 is 0. The number of carbonyl (C=O) groups excluding carboxylic acids is 1. The molecule has 0 saturated heterocycles. The van der Waals surface area contributed by atoms with Crippen LogP contribution in [-0.2, 0) is 22.4 Å². The Bertz CT molecular complexity index is 537. The number of hydrogen-bond donors (Lipinski definition) is 1. The van der Waals surface area contributed by atoms with E-state index in [-0.39, 0.29) is 24.7 Å². The molecule has 142 valence electrons. The van der Waals surface area contributed by atoms with Crippen LogP contribution in [-0.4, -0.2) is 48.1 Å². The van der Waals surface area contributed by atoms with Gasteiger partial charge in [0.05, 0.1) is 12.6 Å². The molecule has 0 aliphatic carbocycles. The first-order valence-electron chi connectivity index (χ1n) is 8.85. The van der Waals surface area contributed by atoms with E-state index in [9.17, 15) is 4.79 Å². The zero-order chi connectivity index (χ0) is 19.0. The Hall–Kier alpha value is -1.59. The molecule has 1 rings (SSSR count). The molecule has 25 heavy (non-hydrogen) atoms. The maximum Gasteiger partial charge on any atom is 0.410 e. The zero-order valence-corrected chi connectivity index (χ0v) is 16.4. The Morgan fingerprint density at radius 1 is 1.24 bits per heavy atom. The molecule has 5 nitrogen and oxygen atoms in total. The Morgan fingerprint density at radius 3 is 2.40 bits per heavy atom. The van der Waals surface area contributed by atoms with Crippen molar-refractivity contribution < 1.29 is 19.4 Å². The average molecular weight is 351 g/mol. The van der Waals surface area contributed by atoms with E-state index in [0.29, 0.717) is 19.6 Å². The van der Waals surface area contributed by atoms with Crippen molar-refractivity contribution in [2.75, 3.05) is 20.3 Å². The third-order valence-electron chi connectivity index (χ3n) is 3.88. The molecular formula is C20H33NO4. The van der Waals surface area contributed by atoms with Gasteiger partial charge in [-0.2, -0.15) is 0 Å². The second kappa shape index (κ2) is 9.78. The van der Waals surface area contributed by atoms with Crippen LogP contribution in [0.3, 0.4) is 0 Å². The second-order valence-corrected chi connectivity index (χ2v) is 7.67. The molecule has 5 heteroatoms. The predicted molar refractivity (Wildman–Crippen MR) is 99.5 cm³/mol. The van der Waals surface area contributed by atoms with E-state index in [1.54, 1.807) is 12.0 Å². The minimum absolute atomic E-state index is 0.0821. The molecule has 1 amide bonds. The molecule has 0 aromatic heterocycles. The van der Waals surface area contributed by atoms with Gasteiger partial charge < -0.3 is 14.6 Å². The lowest BCUT2D eigenvalue weighted by Gasteiger charge is -2.35. The van der Waals surface area contributed by atoms with Crippen LogP contribution in [0.15, 0.2) is 24.3 Å². The van der Waals surface area contributed by atoms with E-state index >= 15 is 0 Å². The summed E-state index contributed by atoms with van der Waals surface area (Å²) < 4.78 is 11.0. The van der Waals surface area contributed by atoms with Crippen LogP contribution in [0.25, 0.3) is 0 Å². The molecule has 0 bridgehead atoms. The van der Waals surface area contributed by atoms with Gasteiger partial charge in [0.1, 0.15) is 5.60 Å². The normalized spacial score (nSPS) is 13.0. The number of rotatable bonds is 8. The van der Waals surface area contributed by atoms with Gasteiger partial charge in [-0.05, 0) is 44.2 Å². The highest BCUT2D eigenvalue weighted by molar-refractivity contribution is 5.68. The lowest BCUT2D eigenvalue weighted by molar-refractivity contribution is -0.00451. The fourth-order valence-corrected chi connectivity index (χ4v) is 2.66. The van der Waals surface area contributed by atoms with Crippen LogP contribution < -0.4 is 0 Å². The summed E-state index contributed by atoms with van der Waals surface area (Å²) in [5.74, 6) is 0.230. The minimum Gasteiger partial charge on any atom is -0.444 e. The first-order chi connectivity index (χ1) is 11.7. The van der Waals surface area contributed by atoms with Gasteiger partial charge in [-0.3, -0.25) is 4.90 Å². The van der Waals surface area contributed by atoms with Gasteiger partial charge in [-0.15, -0.1) is 0 Å². The lowest BCUT2D eigenvalue weighted by atomic mass is 10.0. The highest BCUT2D eigenvalue weighted by Gasteiger charge is 2.30. The summed E-state index contributed by atoms with van der Waals surface area (Å²) in [5, 5.41) is 9.14. The molecule has 1 aromatic rings. The van der Waals surface area contributed by atoms with E-state index < -0.39 is 5.60 Å². The average Bonchev–Trinajstić information content (AvgIpc) is 2.49. The van der Waals surface area contributed by atoms with Gasteiger partial charge in [0.2, 0.25) is 0 Å². The monoisotopic (exact) mass is 351 g/mol. The topological polar surface area (TPSA) is 59.0 Å². The van der Waals surface area contributed by atoms with E-state index in [2.05, 4.69) is 13.8 Å². The molecule has 1 N–H and O–H groups in total. The molecule has 1 atom stereocenters. The maximum atomic E-state index is 12.8. The molecule has 0 aliphatic rings. The standard InChI is InChI=1S/C20H33NO4/c1-15(2)18(14-24-6)21(19(23)25-20(3,4)5)13-17-9-7-8-16(12-17)10-11-22/h7-9,12,15,18,22H,10-11,13-14H2,1-6H3/t18-/m0/s1. The van der Waals surface area contributed by atoms with Crippen molar-refractivity contribution in [3.8, 4) is 0 Å². The van der Waals surface area contributed by atoms with Gasteiger partial charge in [0.15, 0.2) is 0 Å². The first-order valence-corrected chi connectivity index (χ1v) is 8.85. The first kappa shape index (κ1) is 21.5.